The predicted octanol–water partition coefficient (Wildman–Crippen LogP) is 3.81. The molecule has 0 aromatic heterocycles. The Morgan fingerprint density at radius 1 is 1.29 bits per heavy atom. The van der Waals surface area contributed by atoms with E-state index < -0.39 is 6.10 Å². The third-order valence-corrected chi connectivity index (χ3v) is 3.09. The number of aliphatic hydroxyl groups is 1. The smallest absolute Gasteiger partial charge is 0.0840 e. The molecule has 0 heterocycles. The average Bonchev–Trinajstić information content (AvgIpc) is 2.18. The largest absolute Gasteiger partial charge is 0.388 e. The van der Waals surface area contributed by atoms with Gasteiger partial charge in [-0.05, 0) is 29.5 Å². The van der Waals surface area contributed by atoms with Crippen LogP contribution in [0.5, 0.6) is 0 Å². The van der Waals surface area contributed by atoms with Crippen molar-refractivity contribution in [1.82, 2.24) is 0 Å². The van der Waals surface area contributed by atoms with Gasteiger partial charge in [0.15, 0.2) is 0 Å². The molecule has 78 valence electrons. The maximum atomic E-state index is 10.1. The first-order chi connectivity index (χ1) is 6.47. The second kappa shape index (κ2) is 4.33. The second-order valence-corrected chi connectivity index (χ2v) is 4.73. The van der Waals surface area contributed by atoms with Crippen molar-refractivity contribution < 1.29 is 5.11 Å². The van der Waals surface area contributed by atoms with Crippen LogP contribution in [0.2, 0.25) is 5.02 Å². The summed E-state index contributed by atoms with van der Waals surface area (Å²) in [5.74, 6) is 0. The number of benzene rings is 1. The van der Waals surface area contributed by atoms with Crippen molar-refractivity contribution in [2.75, 3.05) is 0 Å². The zero-order chi connectivity index (χ0) is 10.8. The topological polar surface area (TPSA) is 20.2 Å². The number of halogens is 1. The molecular weight excluding hydrogens is 196 g/mol. The van der Waals surface area contributed by atoms with Gasteiger partial charge in [0, 0.05) is 5.02 Å². The minimum Gasteiger partial charge on any atom is -0.388 e. The van der Waals surface area contributed by atoms with E-state index in [1.807, 2.05) is 24.3 Å². The summed E-state index contributed by atoms with van der Waals surface area (Å²) in [5, 5.41) is 10.8. The monoisotopic (exact) mass is 212 g/mol. The van der Waals surface area contributed by atoms with Gasteiger partial charge in [0.2, 0.25) is 0 Å². The van der Waals surface area contributed by atoms with Crippen molar-refractivity contribution in [2.45, 2.75) is 33.3 Å². The van der Waals surface area contributed by atoms with Crippen molar-refractivity contribution in [1.29, 1.82) is 0 Å². The third-order valence-electron chi connectivity index (χ3n) is 2.84. The van der Waals surface area contributed by atoms with Crippen LogP contribution < -0.4 is 0 Å². The highest BCUT2D eigenvalue weighted by Crippen LogP contribution is 2.36. The van der Waals surface area contributed by atoms with Gasteiger partial charge in [0.05, 0.1) is 6.10 Å². The van der Waals surface area contributed by atoms with Gasteiger partial charge < -0.3 is 5.11 Å². The molecule has 1 atom stereocenters. The molecular formula is C12H17ClO. The van der Waals surface area contributed by atoms with Crippen molar-refractivity contribution in [3.05, 3.63) is 34.9 Å². The highest BCUT2D eigenvalue weighted by atomic mass is 35.5. The van der Waals surface area contributed by atoms with Crippen molar-refractivity contribution in [2.24, 2.45) is 5.41 Å². The Kier molecular flexibility index (Phi) is 3.57. The van der Waals surface area contributed by atoms with Crippen LogP contribution >= 0.6 is 11.6 Å². The molecule has 0 fully saturated rings. The molecule has 1 nitrogen and oxygen atoms in total. The summed E-state index contributed by atoms with van der Waals surface area (Å²) in [5.41, 5.74) is 0.842. The van der Waals surface area contributed by atoms with E-state index in [1.54, 1.807) is 0 Å². The first-order valence-electron chi connectivity index (χ1n) is 4.91. The lowest BCUT2D eigenvalue weighted by molar-refractivity contribution is 0.0466. The van der Waals surface area contributed by atoms with E-state index in [4.69, 9.17) is 11.6 Å². The molecule has 0 aliphatic heterocycles. The van der Waals surface area contributed by atoms with Crippen LogP contribution in [0.15, 0.2) is 24.3 Å². The van der Waals surface area contributed by atoms with Gasteiger partial charge in [0.1, 0.15) is 0 Å². The Balaban J connectivity index is 2.89. The summed E-state index contributed by atoms with van der Waals surface area (Å²) < 4.78 is 0. The molecule has 0 saturated heterocycles. The van der Waals surface area contributed by atoms with E-state index in [-0.39, 0.29) is 5.41 Å². The van der Waals surface area contributed by atoms with Crippen LogP contribution in [0, 0.1) is 5.41 Å². The van der Waals surface area contributed by atoms with Crippen molar-refractivity contribution >= 4 is 11.6 Å². The van der Waals surface area contributed by atoms with Gasteiger partial charge in [-0.2, -0.15) is 0 Å². The zero-order valence-electron chi connectivity index (χ0n) is 8.92. The lowest BCUT2D eigenvalue weighted by atomic mass is 9.80. The van der Waals surface area contributed by atoms with Gasteiger partial charge in [-0.1, -0.05) is 44.5 Å². The van der Waals surface area contributed by atoms with Crippen LogP contribution in [0.3, 0.4) is 0 Å². The predicted molar refractivity (Wildman–Crippen MR) is 60.5 cm³/mol. The first-order valence-corrected chi connectivity index (χ1v) is 5.28. The normalized spacial score (nSPS) is 14.1. The number of hydrogen-bond donors (Lipinski definition) is 1. The summed E-state index contributed by atoms with van der Waals surface area (Å²) in [6.45, 7) is 6.21. The average molecular weight is 213 g/mol. The van der Waals surface area contributed by atoms with Crippen LogP contribution in [-0.4, -0.2) is 5.11 Å². The number of rotatable bonds is 3. The SMILES string of the molecule is CCC(C)(C)C(O)c1ccc(Cl)cc1. The van der Waals surface area contributed by atoms with Gasteiger partial charge in [-0.15, -0.1) is 0 Å². The zero-order valence-corrected chi connectivity index (χ0v) is 9.67. The molecule has 0 amide bonds. The van der Waals surface area contributed by atoms with Crippen LogP contribution in [0.25, 0.3) is 0 Å². The summed E-state index contributed by atoms with van der Waals surface area (Å²) in [7, 11) is 0. The highest BCUT2D eigenvalue weighted by Gasteiger charge is 2.26. The molecule has 1 N–H and O–H groups in total. The maximum absolute atomic E-state index is 10.1. The van der Waals surface area contributed by atoms with Gasteiger partial charge in [0.25, 0.3) is 0 Å². The highest BCUT2D eigenvalue weighted by molar-refractivity contribution is 6.30. The Labute approximate surface area is 90.7 Å². The molecule has 0 aliphatic carbocycles. The first kappa shape index (κ1) is 11.5. The molecule has 1 aromatic carbocycles. The minimum absolute atomic E-state index is 0.0895. The summed E-state index contributed by atoms with van der Waals surface area (Å²) >= 11 is 5.78. The second-order valence-electron chi connectivity index (χ2n) is 4.30. The van der Waals surface area contributed by atoms with Gasteiger partial charge in [-0.3, -0.25) is 0 Å². The van der Waals surface area contributed by atoms with Gasteiger partial charge in [-0.25, -0.2) is 0 Å². The molecule has 0 radical (unpaired) electrons. The van der Waals surface area contributed by atoms with E-state index in [2.05, 4.69) is 20.8 Å². The molecule has 1 rings (SSSR count). The lowest BCUT2D eigenvalue weighted by Crippen LogP contribution is -2.20. The quantitative estimate of drug-likeness (QED) is 0.808. The van der Waals surface area contributed by atoms with E-state index >= 15 is 0 Å². The molecule has 2 heteroatoms. The molecule has 0 saturated carbocycles. The third kappa shape index (κ3) is 2.49. The number of hydrogen-bond acceptors (Lipinski definition) is 1. The summed E-state index contributed by atoms with van der Waals surface area (Å²) in [4.78, 5) is 0. The van der Waals surface area contributed by atoms with Crippen LogP contribution in [0.4, 0.5) is 0 Å². The Morgan fingerprint density at radius 2 is 1.79 bits per heavy atom. The van der Waals surface area contributed by atoms with E-state index in [0.717, 1.165) is 12.0 Å². The molecule has 14 heavy (non-hydrogen) atoms. The Morgan fingerprint density at radius 3 is 2.21 bits per heavy atom. The van der Waals surface area contributed by atoms with Crippen LogP contribution in [-0.2, 0) is 0 Å². The van der Waals surface area contributed by atoms with E-state index in [9.17, 15) is 5.11 Å². The Hall–Kier alpha value is -0.530. The standard InChI is InChI=1S/C12H17ClO/c1-4-12(2,3)11(14)9-5-7-10(13)8-6-9/h5-8,11,14H,4H2,1-3H3. The molecule has 1 unspecified atom stereocenters. The molecule has 0 spiro atoms. The maximum Gasteiger partial charge on any atom is 0.0840 e. The van der Waals surface area contributed by atoms with Crippen LogP contribution in [0.1, 0.15) is 38.9 Å². The number of aliphatic hydroxyl groups excluding tert-OH is 1. The fourth-order valence-corrected chi connectivity index (χ4v) is 1.42. The lowest BCUT2D eigenvalue weighted by Gasteiger charge is -2.29. The van der Waals surface area contributed by atoms with E-state index in [0.29, 0.717) is 5.02 Å². The summed E-state index contributed by atoms with van der Waals surface area (Å²) in [6, 6.07) is 7.38. The fraction of sp³-hybridized carbons (Fsp3) is 0.500. The Bertz CT molecular complexity index is 290. The van der Waals surface area contributed by atoms with Crippen molar-refractivity contribution in [3.8, 4) is 0 Å². The fourth-order valence-electron chi connectivity index (χ4n) is 1.29. The minimum atomic E-state index is -0.426. The van der Waals surface area contributed by atoms with E-state index in [1.165, 1.54) is 0 Å². The molecule has 1 aromatic rings. The summed E-state index contributed by atoms with van der Waals surface area (Å²) in [6.07, 6.45) is 0.515. The molecule has 0 aliphatic rings. The molecule has 0 bridgehead atoms. The van der Waals surface area contributed by atoms with Crippen molar-refractivity contribution in [3.63, 3.8) is 0 Å². The van der Waals surface area contributed by atoms with Gasteiger partial charge >= 0.3 is 0 Å².